The molecule has 1 nitrogen and oxygen atoms in total. The van der Waals surface area contributed by atoms with Gasteiger partial charge in [0.05, 0.1) is 0 Å². The lowest BCUT2D eigenvalue weighted by Gasteiger charge is -2.07. The molecule has 0 atom stereocenters. The van der Waals surface area contributed by atoms with Crippen LogP contribution in [-0.4, -0.2) is 18.5 Å². The Morgan fingerprint density at radius 1 is 0.733 bits per heavy atom. The van der Waals surface area contributed by atoms with E-state index >= 15 is 0 Å². The third-order valence-corrected chi connectivity index (χ3v) is 2.86. The monoisotopic (exact) mass is 211 g/mol. The van der Waals surface area contributed by atoms with E-state index in [0.717, 1.165) is 6.54 Å². The number of unbranched alkanes of at least 4 members (excludes halogenated alkanes) is 9. The summed E-state index contributed by atoms with van der Waals surface area (Å²) in [4.78, 5) is 1.78. The summed E-state index contributed by atoms with van der Waals surface area (Å²) in [6.45, 7) is 3.31. The van der Waals surface area contributed by atoms with Crippen molar-refractivity contribution in [3.05, 3.63) is 7.05 Å². The zero-order valence-electron chi connectivity index (χ0n) is 10.8. The summed E-state index contributed by atoms with van der Waals surface area (Å²) in [5.41, 5.74) is 0. The minimum Gasteiger partial charge on any atom is -0.300 e. The van der Waals surface area contributed by atoms with Crippen LogP contribution >= 0.6 is 0 Å². The van der Waals surface area contributed by atoms with Crippen LogP contribution in [0.25, 0.3) is 0 Å². The molecule has 0 fully saturated rings. The smallest absolute Gasteiger partial charge is 0.0435 e. The maximum absolute atomic E-state index is 5.53. The van der Waals surface area contributed by atoms with E-state index in [1.54, 1.807) is 4.90 Å². The fourth-order valence-corrected chi connectivity index (χ4v) is 1.85. The minimum absolute atomic E-state index is 1.04. The highest BCUT2D eigenvalue weighted by Gasteiger charge is 1.93. The van der Waals surface area contributed by atoms with Crippen LogP contribution in [0.15, 0.2) is 0 Å². The molecule has 1 heteroatoms. The van der Waals surface area contributed by atoms with Gasteiger partial charge in [0.2, 0.25) is 0 Å². The molecule has 0 rings (SSSR count). The quantitative estimate of drug-likeness (QED) is 0.359. The molecule has 0 spiro atoms. The lowest BCUT2D eigenvalue weighted by molar-refractivity contribution is 0.423. The second-order valence-corrected chi connectivity index (χ2v) is 4.66. The van der Waals surface area contributed by atoms with Gasteiger partial charge in [-0.1, -0.05) is 64.7 Å². The average Bonchev–Trinajstić information content (AvgIpc) is 2.20. The summed E-state index contributed by atoms with van der Waals surface area (Å²) < 4.78 is 0. The van der Waals surface area contributed by atoms with Gasteiger partial charge in [-0.3, -0.25) is 0 Å². The SMILES string of the molecule is [CH]N(C)CCCCCCCCCCCC. The third kappa shape index (κ3) is 14.0. The zero-order chi connectivity index (χ0) is 11.4. The molecule has 0 aliphatic carbocycles. The molecule has 2 radical (unpaired) electrons. The van der Waals surface area contributed by atoms with Gasteiger partial charge in [-0.05, 0) is 20.0 Å². The second-order valence-electron chi connectivity index (χ2n) is 4.66. The zero-order valence-corrected chi connectivity index (χ0v) is 10.8. The summed E-state index contributed by atoms with van der Waals surface area (Å²) in [5, 5.41) is 0. The second kappa shape index (κ2) is 12.0. The molecule has 90 valence electrons. The highest BCUT2D eigenvalue weighted by molar-refractivity contribution is 4.50. The van der Waals surface area contributed by atoms with E-state index in [1.165, 1.54) is 64.2 Å². The summed E-state index contributed by atoms with van der Waals surface area (Å²) in [7, 11) is 7.47. The summed E-state index contributed by atoms with van der Waals surface area (Å²) in [5.74, 6) is 0. The first-order chi connectivity index (χ1) is 7.27. The Balaban J connectivity index is 2.87. The standard InChI is InChI=1S/C14H29N/c1-4-5-6-7-8-9-10-11-12-13-14-15(2)3/h2H,4-14H2,1,3H3. The molecule has 15 heavy (non-hydrogen) atoms. The Labute approximate surface area is 97.2 Å². The van der Waals surface area contributed by atoms with Gasteiger partial charge >= 0.3 is 0 Å². The molecule has 0 unspecified atom stereocenters. The topological polar surface area (TPSA) is 3.24 Å². The van der Waals surface area contributed by atoms with E-state index in [0.29, 0.717) is 0 Å². The van der Waals surface area contributed by atoms with E-state index in [1.807, 2.05) is 7.05 Å². The number of hydrogen-bond donors (Lipinski definition) is 0. The Morgan fingerprint density at radius 3 is 1.53 bits per heavy atom. The molecule has 0 amide bonds. The molecular weight excluding hydrogens is 182 g/mol. The lowest BCUT2D eigenvalue weighted by atomic mass is 10.1. The van der Waals surface area contributed by atoms with Crippen LogP contribution in [0.3, 0.4) is 0 Å². The van der Waals surface area contributed by atoms with Crippen molar-refractivity contribution >= 4 is 0 Å². The van der Waals surface area contributed by atoms with Crippen molar-refractivity contribution in [2.45, 2.75) is 71.1 Å². The van der Waals surface area contributed by atoms with Crippen LogP contribution in [0, 0.1) is 7.05 Å². The molecule has 0 saturated heterocycles. The van der Waals surface area contributed by atoms with Crippen LogP contribution in [0.2, 0.25) is 0 Å². The minimum atomic E-state index is 1.04. The first-order valence-corrected chi connectivity index (χ1v) is 6.73. The van der Waals surface area contributed by atoms with Crippen molar-refractivity contribution in [3.8, 4) is 0 Å². The Kier molecular flexibility index (Phi) is 12.0. The molecule has 0 aromatic heterocycles. The number of rotatable bonds is 11. The molecule has 0 N–H and O–H groups in total. The maximum Gasteiger partial charge on any atom is 0.0435 e. The summed E-state index contributed by atoms with van der Waals surface area (Å²) in [6, 6.07) is 0. The first kappa shape index (κ1) is 15.0. The molecule has 0 aromatic rings. The fraction of sp³-hybridized carbons (Fsp3) is 0.929. The molecule has 0 saturated carbocycles. The van der Waals surface area contributed by atoms with Crippen LogP contribution in [0.1, 0.15) is 71.1 Å². The maximum atomic E-state index is 5.53. The van der Waals surface area contributed by atoms with Gasteiger partial charge < -0.3 is 4.90 Å². The van der Waals surface area contributed by atoms with Gasteiger partial charge in [-0.25, -0.2) is 0 Å². The van der Waals surface area contributed by atoms with Crippen molar-refractivity contribution in [2.24, 2.45) is 0 Å². The van der Waals surface area contributed by atoms with Crippen molar-refractivity contribution < 1.29 is 0 Å². The van der Waals surface area contributed by atoms with E-state index < -0.39 is 0 Å². The van der Waals surface area contributed by atoms with Gasteiger partial charge in [-0.15, -0.1) is 0 Å². The van der Waals surface area contributed by atoms with Gasteiger partial charge in [0.15, 0.2) is 0 Å². The van der Waals surface area contributed by atoms with Crippen molar-refractivity contribution in [3.63, 3.8) is 0 Å². The number of hydrogen-bond acceptors (Lipinski definition) is 1. The van der Waals surface area contributed by atoms with E-state index in [2.05, 4.69) is 6.92 Å². The molecular formula is C14H29N. The van der Waals surface area contributed by atoms with Crippen LogP contribution in [0.4, 0.5) is 0 Å². The van der Waals surface area contributed by atoms with Crippen LogP contribution in [0.5, 0.6) is 0 Å². The Hall–Kier alpha value is -0.0400. The van der Waals surface area contributed by atoms with Gasteiger partial charge in [0.25, 0.3) is 0 Å². The molecule has 0 aliphatic rings. The highest BCUT2D eigenvalue weighted by Crippen LogP contribution is 2.10. The van der Waals surface area contributed by atoms with Gasteiger partial charge in [0, 0.05) is 7.05 Å². The summed E-state index contributed by atoms with van der Waals surface area (Å²) >= 11 is 0. The Morgan fingerprint density at radius 2 is 1.13 bits per heavy atom. The van der Waals surface area contributed by atoms with E-state index in [-0.39, 0.29) is 0 Å². The van der Waals surface area contributed by atoms with Crippen molar-refractivity contribution in [2.75, 3.05) is 13.6 Å². The predicted molar refractivity (Wildman–Crippen MR) is 68.8 cm³/mol. The van der Waals surface area contributed by atoms with Gasteiger partial charge in [0.1, 0.15) is 0 Å². The average molecular weight is 211 g/mol. The molecule has 0 aromatic carbocycles. The fourth-order valence-electron chi connectivity index (χ4n) is 1.85. The van der Waals surface area contributed by atoms with E-state index in [9.17, 15) is 0 Å². The van der Waals surface area contributed by atoms with Crippen molar-refractivity contribution in [1.82, 2.24) is 4.90 Å². The van der Waals surface area contributed by atoms with Crippen LogP contribution < -0.4 is 0 Å². The lowest BCUT2D eigenvalue weighted by Crippen LogP contribution is -2.09. The van der Waals surface area contributed by atoms with Crippen molar-refractivity contribution in [1.29, 1.82) is 0 Å². The van der Waals surface area contributed by atoms with Crippen LogP contribution in [-0.2, 0) is 0 Å². The molecule has 0 aliphatic heterocycles. The molecule has 0 bridgehead atoms. The Bertz CT molecular complexity index is 110. The normalized spacial score (nSPS) is 11.2. The highest BCUT2D eigenvalue weighted by atomic mass is 15.0. The third-order valence-electron chi connectivity index (χ3n) is 2.86. The summed E-state index contributed by atoms with van der Waals surface area (Å²) in [6.07, 6.45) is 13.9. The van der Waals surface area contributed by atoms with Gasteiger partial charge in [-0.2, -0.15) is 0 Å². The first-order valence-electron chi connectivity index (χ1n) is 6.73. The predicted octanol–water partition coefficient (Wildman–Crippen LogP) is 4.51. The van der Waals surface area contributed by atoms with E-state index in [4.69, 9.17) is 7.05 Å². The largest absolute Gasteiger partial charge is 0.300 e. The molecule has 0 heterocycles. The number of nitrogens with zero attached hydrogens (tertiary/aromatic N) is 1.